The number of halogens is 1. The summed E-state index contributed by atoms with van der Waals surface area (Å²) in [6, 6.07) is 13.3. The Labute approximate surface area is 181 Å². The van der Waals surface area contributed by atoms with Crippen molar-refractivity contribution in [2.24, 2.45) is 0 Å². The highest BCUT2D eigenvalue weighted by atomic mass is 35.5. The van der Waals surface area contributed by atoms with Crippen LogP contribution in [0.5, 0.6) is 11.5 Å². The van der Waals surface area contributed by atoms with Gasteiger partial charge in [-0.15, -0.1) is 0 Å². The molecule has 1 heterocycles. The van der Waals surface area contributed by atoms with Crippen LogP contribution >= 0.6 is 11.6 Å². The number of hydrogen-bond donors (Lipinski definition) is 1. The average Bonchev–Trinajstić information content (AvgIpc) is 2.74. The smallest absolute Gasteiger partial charge is 0.225 e. The van der Waals surface area contributed by atoms with Crippen LogP contribution in [0.4, 0.5) is 0 Å². The Hall–Kier alpha value is -2.79. The summed E-state index contributed by atoms with van der Waals surface area (Å²) in [4.78, 5) is 25.7. The fraction of sp³-hybridized carbons (Fsp3) is 0.333. The largest absolute Gasteiger partial charge is 0.497 e. The van der Waals surface area contributed by atoms with Gasteiger partial charge in [0.1, 0.15) is 11.5 Å². The number of ketones is 1. The SMILES string of the molecule is CCOc1ccc(C2CC(=O)NC3=C2C(=O)CC(c2cccc(OC)c2)C3)cc1Cl. The first-order valence-electron chi connectivity index (χ1n) is 10.1. The Balaban J connectivity index is 1.68. The third-order valence-electron chi connectivity index (χ3n) is 5.76. The first-order chi connectivity index (χ1) is 14.5. The minimum atomic E-state index is -0.291. The molecule has 0 saturated carbocycles. The van der Waals surface area contributed by atoms with Crippen molar-refractivity contribution in [2.45, 2.75) is 38.0 Å². The average molecular weight is 426 g/mol. The van der Waals surface area contributed by atoms with Crippen molar-refractivity contribution in [3.8, 4) is 11.5 Å². The Morgan fingerprint density at radius 2 is 1.90 bits per heavy atom. The lowest BCUT2D eigenvalue weighted by Crippen LogP contribution is -2.38. The normalized spacial score (nSPS) is 21.2. The molecule has 1 aliphatic carbocycles. The van der Waals surface area contributed by atoms with E-state index in [1.165, 1.54) is 0 Å². The zero-order valence-electron chi connectivity index (χ0n) is 17.0. The van der Waals surface area contributed by atoms with Gasteiger partial charge in [-0.2, -0.15) is 0 Å². The standard InChI is InChI=1S/C24H24ClNO4/c1-3-30-22-8-7-15(10-19(22)25)18-13-23(28)26-20-11-16(12-21(27)24(18)20)14-5-4-6-17(9-14)29-2/h4-10,16,18H,3,11-13H2,1-2H3,(H,26,28). The summed E-state index contributed by atoms with van der Waals surface area (Å²) in [5.41, 5.74) is 3.33. The summed E-state index contributed by atoms with van der Waals surface area (Å²) in [5, 5.41) is 3.44. The molecule has 5 nitrogen and oxygen atoms in total. The second-order valence-corrected chi connectivity index (χ2v) is 8.03. The van der Waals surface area contributed by atoms with Crippen LogP contribution < -0.4 is 14.8 Å². The van der Waals surface area contributed by atoms with Crippen LogP contribution in [0.1, 0.15) is 49.1 Å². The number of carbonyl (C=O) groups excluding carboxylic acids is 2. The topological polar surface area (TPSA) is 64.6 Å². The van der Waals surface area contributed by atoms with Crippen molar-refractivity contribution in [1.29, 1.82) is 0 Å². The van der Waals surface area contributed by atoms with E-state index >= 15 is 0 Å². The maximum absolute atomic E-state index is 13.2. The van der Waals surface area contributed by atoms with Gasteiger partial charge in [0.2, 0.25) is 5.91 Å². The molecule has 1 amide bonds. The van der Waals surface area contributed by atoms with Crippen LogP contribution in [-0.4, -0.2) is 25.4 Å². The monoisotopic (exact) mass is 425 g/mol. The van der Waals surface area contributed by atoms with Crippen LogP contribution in [0, 0.1) is 0 Å². The minimum Gasteiger partial charge on any atom is -0.497 e. The molecule has 2 aromatic carbocycles. The number of methoxy groups -OCH3 is 1. The van der Waals surface area contributed by atoms with E-state index in [2.05, 4.69) is 5.32 Å². The van der Waals surface area contributed by atoms with Crippen LogP contribution in [0.15, 0.2) is 53.7 Å². The quantitative estimate of drug-likeness (QED) is 0.750. The van der Waals surface area contributed by atoms with Crippen molar-refractivity contribution < 1.29 is 19.1 Å². The van der Waals surface area contributed by atoms with Crippen molar-refractivity contribution in [3.05, 3.63) is 69.9 Å². The van der Waals surface area contributed by atoms with Crippen LogP contribution in [0.25, 0.3) is 0 Å². The molecule has 1 aliphatic heterocycles. The molecular weight excluding hydrogens is 402 g/mol. The number of rotatable bonds is 5. The lowest BCUT2D eigenvalue weighted by atomic mass is 9.73. The summed E-state index contributed by atoms with van der Waals surface area (Å²) in [6.45, 7) is 2.41. The molecule has 4 rings (SSSR count). The lowest BCUT2D eigenvalue weighted by molar-refractivity contribution is -0.122. The van der Waals surface area contributed by atoms with Crippen molar-refractivity contribution >= 4 is 23.3 Å². The van der Waals surface area contributed by atoms with E-state index in [1.54, 1.807) is 13.2 Å². The van der Waals surface area contributed by atoms with Crippen LogP contribution in [0.3, 0.4) is 0 Å². The van der Waals surface area contributed by atoms with Gasteiger partial charge >= 0.3 is 0 Å². The molecule has 156 valence electrons. The molecule has 0 bridgehead atoms. The van der Waals surface area contributed by atoms with E-state index < -0.39 is 0 Å². The van der Waals surface area contributed by atoms with E-state index in [0.29, 0.717) is 35.8 Å². The number of amides is 1. The van der Waals surface area contributed by atoms with E-state index in [4.69, 9.17) is 21.1 Å². The minimum absolute atomic E-state index is 0.00863. The second kappa shape index (κ2) is 8.52. The number of ether oxygens (including phenoxy) is 2. The fourth-order valence-electron chi connectivity index (χ4n) is 4.38. The first kappa shape index (κ1) is 20.5. The number of Topliss-reactive ketones (excluding diaryl/α,β-unsaturated/α-hetero) is 1. The summed E-state index contributed by atoms with van der Waals surface area (Å²) in [5.74, 6) is 1.07. The summed E-state index contributed by atoms with van der Waals surface area (Å²) in [7, 11) is 1.62. The molecule has 0 aromatic heterocycles. The van der Waals surface area contributed by atoms with Crippen molar-refractivity contribution in [3.63, 3.8) is 0 Å². The fourth-order valence-corrected chi connectivity index (χ4v) is 4.63. The molecule has 2 aliphatic rings. The predicted molar refractivity (Wildman–Crippen MR) is 115 cm³/mol. The van der Waals surface area contributed by atoms with Gasteiger partial charge in [-0.25, -0.2) is 0 Å². The van der Waals surface area contributed by atoms with E-state index in [9.17, 15) is 9.59 Å². The van der Waals surface area contributed by atoms with Gasteiger partial charge in [0.25, 0.3) is 0 Å². The van der Waals surface area contributed by atoms with E-state index in [0.717, 1.165) is 22.6 Å². The molecule has 2 aromatic rings. The van der Waals surface area contributed by atoms with Gasteiger partial charge in [0.15, 0.2) is 5.78 Å². The Bertz CT molecular complexity index is 1030. The second-order valence-electron chi connectivity index (χ2n) is 7.62. The molecule has 0 spiro atoms. The highest BCUT2D eigenvalue weighted by Crippen LogP contribution is 2.44. The Morgan fingerprint density at radius 1 is 1.07 bits per heavy atom. The van der Waals surface area contributed by atoms with Crippen molar-refractivity contribution in [2.75, 3.05) is 13.7 Å². The van der Waals surface area contributed by atoms with Gasteiger partial charge in [-0.1, -0.05) is 29.8 Å². The van der Waals surface area contributed by atoms with E-state index in [-0.39, 0.29) is 29.9 Å². The summed E-state index contributed by atoms with van der Waals surface area (Å²) in [6.07, 6.45) is 1.25. The molecule has 0 saturated heterocycles. The number of carbonyl (C=O) groups is 2. The first-order valence-corrected chi connectivity index (χ1v) is 10.5. The number of benzene rings is 2. The summed E-state index contributed by atoms with van der Waals surface area (Å²) >= 11 is 6.37. The van der Waals surface area contributed by atoms with Gasteiger partial charge in [-0.3, -0.25) is 9.59 Å². The highest BCUT2D eigenvalue weighted by molar-refractivity contribution is 6.32. The third kappa shape index (κ3) is 3.94. The van der Waals surface area contributed by atoms with Crippen molar-refractivity contribution in [1.82, 2.24) is 5.32 Å². The zero-order chi connectivity index (χ0) is 21.3. The van der Waals surface area contributed by atoms with E-state index in [1.807, 2.05) is 43.3 Å². The number of nitrogens with one attached hydrogen (secondary N) is 1. The lowest BCUT2D eigenvalue weighted by Gasteiger charge is -2.34. The predicted octanol–water partition coefficient (Wildman–Crippen LogP) is 4.75. The molecular formula is C24H24ClNO4. The Morgan fingerprint density at radius 3 is 2.63 bits per heavy atom. The molecule has 0 radical (unpaired) electrons. The summed E-state index contributed by atoms with van der Waals surface area (Å²) < 4.78 is 10.8. The van der Waals surface area contributed by atoms with Gasteiger partial charge in [0, 0.05) is 30.0 Å². The number of allylic oxidation sites excluding steroid dienone is 2. The maximum Gasteiger partial charge on any atom is 0.225 e. The molecule has 2 atom stereocenters. The highest BCUT2D eigenvalue weighted by Gasteiger charge is 2.38. The van der Waals surface area contributed by atoms with Gasteiger partial charge in [0.05, 0.1) is 18.7 Å². The maximum atomic E-state index is 13.2. The van der Waals surface area contributed by atoms with Gasteiger partial charge < -0.3 is 14.8 Å². The van der Waals surface area contributed by atoms with Crippen LogP contribution in [0.2, 0.25) is 5.02 Å². The zero-order valence-corrected chi connectivity index (χ0v) is 17.8. The third-order valence-corrected chi connectivity index (χ3v) is 6.05. The molecule has 30 heavy (non-hydrogen) atoms. The Kier molecular flexibility index (Phi) is 5.82. The molecule has 0 fully saturated rings. The molecule has 2 unspecified atom stereocenters. The number of hydrogen-bond acceptors (Lipinski definition) is 4. The molecule has 6 heteroatoms. The van der Waals surface area contributed by atoms with Crippen LogP contribution in [-0.2, 0) is 9.59 Å². The van der Waals surface area contributed by atoms with Gasteiger partial charge in [-0.05, 0) is 54.7 Å². The molecule has 1 N–H and O–H groups in total.